The van der Waals surface area contributed by atoms with Crippen molar-refractivity contribution in [3.8, 4) is 0 Å². The van der Waals surface area contributed by atoms with Crippen LogP contribution in [0.1, 0.15) is 36.9 Å². The van der Waals surface area contributed by atoms with Gasteiger partial charge in [0.15, 0.2) is 5.11 Å². The van der Waals surface area contributed by atoms with Gasteiger partial charge in [0.25, 0.3) is 0 Å². The molecule has 0 spiro atoms. The standard InChI is InChI=1S/C13H15F3N2S/c1-8(17-12(19)18-9-6-7-9)10-4-2-3-5-11(10)13(14,15)16/h2-5,8-9H,6-7H2,1H3,(H2,17,18,19)/t8-/m0/s1. The molecule has 1 aromatic rings. The summed E-state index contributed by atoms with van der Waals surface area (Å²) in [4.78, 5) is 0. The van der Waals surface area contributed by atoms with Crippen molar-refractivity contribution < 1.29 is 13.2 Å². The monoisotopic (exact) mass is 288 g/mol. The normalized spacial score (nSPS) is 16.8. The van der Waals surface area contributed by atoms with Crippen LogP contribution in [0, 0.1) is 0 Å². The Morgan fingerprint density at radius 2 is 1.95 bits per heavy atom. The van der Waals surface area contributed by atoms with Gasteiger partial charge in [0.05, 0.1) is 11.6 Å². The lowest BCUT2D eigenvalue weighted by Crippen LogP contribution is -2.38. The van der Waals surface area contributed by atoms with Crippen LogP contribution in [-0.4, -0.2) is 11.2 Å². The molecule has 0 bridgehead atoms. The minimum Gasteiger partial charge on any atom is -0.360 e. The van der Waals surface area contributed by atoms with E-state index in [9.17, 15) is 13.2 Å². The van der Waals surface area contributed by atoms with Crippen LogP contribution in [0.15, 0.2) is 24.3 Å². The summed E-state index contributed by atoms with van der Waals surface area (Å²) in [6.45, 7) is 1.67. The lowest BCUT2D eigenvalue weighted by Gasteiger charge is -2.21. The van der Waals surface area contributed by atoms with E-state index in [0.717, 1.165) is 18.9 Å². The van der Waals surface area contributed by atoms with Crippen molar-refractivity contribution in [1.82, 2.24) is 10.6 Å². The Morgan fingerprint density at radius 1 is 1.32 bits per heavy atom. The van der Waals surface area contributed by atoms with Gasteiger partial charge >= 0.3 is 6.18 Å². The topological polar surface area (TPSA) is 24.1 Å². The van der Waals surface area contributed by atoms with Crippen molar-refractivity contribution in [3.63, 3.8) is 0 Å². The summed E-state index contributed by atoms with van der Waals surface area (Å²) in [6, 6.07) is 5.44. The van der Waals surface area contributed by atoms with E-state index < -0.39 is 17.8 Å². The second-order valence-electron chi connectivity index (χ2n) is 4.70. The number of benzene rings is 1. The maximum atomic E-state index is 12.9. The number of thiocarbonyl (C=S) groups is 1. The summed E-state index contributed by atoms with van der Waals surface area (Å²) in [6.07, 6.45) is -2.22. The maximum Gasteiger partial charge on any atom is 0.416 e. The second-order valence-corrected chi connectivity index (χ2v) is 5.11. The Balaban J connectivity index is 2.09. The van der Waals surface area contributed by atoms with Crippen molar-refractivity contribution in [3.05, 3.63) is 35.4 Å². The van der Waals surface area contributed by atoms with E-state index in [-0.39, 0.29) is 5.56 Å². The lowest BCUT2D eigenvalue weighted by molar-refractivity contribution is -0.138. The fourth-order valence-electron chi connectivity index (χ4n) is 1.86. The third-order valence-corrected chi connectivity index (χ3v) is 3.23. The number of rotatable bonds is 3. The molecule has 1 aliphatic carbocycles. The van der Waals surface area contributed by atoms with Gasteiger partial charge in [-0.25, -0.2) is 0 Å². The minimum atomic E-state index is -4.35. The highest BCUT2D eigenvalue weighted by atomic mass is 32.1. The number of halogens is 3. The fraction of sp³-hybridized carbons (Fsp3) is 0.462. The average Bonchev–Trinajstić information content (AvgIpc) is 3.11. The molecule has 1 fully saturated rings. The Kier molecular flexibility index (Phi) is 3.99. The third-order valence-electron chi connectivity index (χ3n) is 2.99. The zero-order valence-corrected chi connectivity index (χ0v) is 11.2. The zero-order valence-electron chi connectivity index (χ0n) is 10.4. The van der Waals surface area contributed by atoms with Crippen molar-refractivity contribution in [2.75, 3.05) is 0 Å². The van der Waals surface area contributed by atoms with Gasteiger partial charge in [0, 0.05) is 6.04 Å². The first kappa shape index (κ1) is 14.1. The smallest absolute Gasteiger partial charge is 0.360 e. The predicted molar refractivity (Wildman–Crippen MR) is 71.8 cm³/mol. The molecule has 0 amide bonds. The molecule has 1 aromatic carbocycles. The third kappa shape index (κ3) is 3.83. The van der Waals surface area contributed by atoms with Gasteiger partial charge < -0.3 is 10.6 Å². The highest BCUT2D eigenvalue weighted by molar-refractivity contribution is 7.80. The van der Waals surface area contributed by atoms with Crippen LogP contribution >= 0.6 is 12.2 Å². The molecule has 0 aliphatic heterocycles. The first-order valence-electron chi connectivity index (χ1n) is 6.11. The van der Waals surface area contributed by atoms with Crippen LogP contribution in [0.4, 0.5) is 13.2 Å². The number of alkyl halides is 3. The zero-order chi connectivity index (χ0) is 14.0. The molecule has 1 saturated carbocycles. The molecule has 0 saturated heterocycles. The highest BCUT2D eigenvalue weighted by Crippen LogP contribution is 2.34. The summed E-state index contributed by atoms with van der Waals surface area (Å²) >= 11 is 5.08. The molecule has 104 valence electrons. The van der Waals surface area contributed by atoms with E-state index >= 15 is 0 Å². The quantitative estimate of drug-likeness (QED) is 0.834. The Hall–Kier alpha value is -1.30. The summed E-state index contributed by atoms with van der Waals surface area (Å²) in [7, 11) is 0. The van der Waals surface area contributed by atoms with Crippen LogP contribution in [-0.2, 0) is 6.18 Å². The van der Waals surface area contributed by atoms with Gasteiger partial charge in [-0.2, -0.15) is 13.2 Å². The molecule has 1 aliphatic rings. The fourth-order valence-corrected chi connectivity index (χ4v) is 2.21. The van der Waals surface area contributed by atoms with Gasteiger partial charge in [0.1, 0.15) is 0 Å². The number of nitrogens with one attached hydrogen (secondary N) is 2. The van der Waals surface area contributed by atoms with Crippen molar-refractivity contribution >= 4 is 17.3 Å². The molecule has 2 nitrogen and oxygen atoms in total. The highest BCUT2D eigenvalue weighted by Gasteiger charge is 2.34. The Labute approximate surface area is 115 Å². The van der Waals surface area contributed by atoms with Gasteiger partial charge in [0.2, 0.25) is 0 Å². The van der Waals surface area contributed by atoms with E-state index in [1.165, 1.54) is 12.1 Å². The van der Waals surface area contributed by atoms with Crippen LogP contribution in [0.2, 0.25) is 0 Å². The van der Waals surface area contributed by atoms with Gasteiger partial charge in [-0.1, -0.05) is 18.2 Å². The minimum absolute atomic E-state index is 0.204. The molecular weight excluding hydrogens is 273 g/mol. The predicted octanol–water partition coefficient (Wildman–Crippen LogP) is 3.39. The van der Waals surface area contributed by atoms with E-state index in [2.05, 4.69) is 10.6 Å². The van der Waals surface area contributed by atoms with Crippen molar-refractivity contribution in [2.45, 2.75) is 38.0 Å². The van der Waals surface area contributed by atoms with Gasteiger partial charge in [-0.15, -0.1) is 0 Å². The van der Waals surface area contributed by atoms with E-state index in [0.29, 0.717) is 11.2 Å². The Bertz CT molecular complexity index is 469. The average molecular weight is 288 g/mol. The molecule has 0 aromatic heterocycles. The molecule has 0 heterocycles. The van der Waals surface area contributed by atoms with Gasteiger partial charge in [-0.3, -0.25) is 0 Å². The Morgan fingerprint density at radius 3 is 2.53 bits per heavy atom. The molecule has 19 heavy (non-hydrogen) atoms. The van der Waals surface area contributed by atoms with Crippen molar-refractivity contribution in [2.24, 2.45) is 0 Å². The van der Waals surface area contributed by atoms with E-state index in [4.69, 9.17) is 12.2 Å². The molecule has 0 radical (unpaired) electrons. The first-order chi connectivity index (χ1) is 8.88. The molecule has 0 unspecified atom stereocenters. The van der Waals surface area contributed by atoms with Crippen LogP contribution in [0.5, 0.6) is 0 Å². The van der Waals surface area contributed by atoms with Crippen LogP contribution in [0.3, 0.4) is 0 Å². The second kappa shape index (κ2) is 5.36. The van der Waals surface area contributed by atoms with Gasteiger partial charge in [-0.05, 0) is 43.6 Å². The summed E-state index contributed by atoms with van der Waals surface area (Å²) < 4.78 is 38.7. The largest absolute Gasteiger partial charge is 0.416 e. The first-order valence-corrected chi connectivity index (χ1v) is 6.52. The van der Waals surface area contributed by atoms with Crippen LogP contribution in [0.25, 0.3) is 0 Å². The molecule has 2 N–H and O–H groups in total. The van der Waals surface area contributed by atoms with Crippen LogP contribution < -0.4 is 10.6 Å². The molecule has 1 atom stereocenters. The SMILES string of the molecule is C[C@H](NC(=S)NC1CC1)c1ccccc1C(F)(F)F. The summed E-state index contributed by atoms with van der Waals surface area (Å²) in [5.41, 5.74) is -0.417. The van der Waals surface area contributed by atoms with E-state index in [1.807, 2.05) is 0 Å². The molecule has 6 heteroatoms. The molecule has 2 rings (SSSR count). The van der Waals surface area contributed by atoms with Crippen molar-refractivity contribution in [1.29, 1.82) is 0 Å². The maximum absolute atomic E-state index is 12.9. The summed E-state index contributed by atoms with van der Waals surface area (Å²) in [5, 5.41) is 6.36. The molecular formula is C13H15F3N2S. The number of hydrogen-bond donors (Lipinski definition) is 2. The summed E-state index contributed by atoms with van der Waals surface area (Å²) in [5.74, 6) is 0. The number of hydrogen-bond acceptors (Lipinski definition) is 1. The van der Waals surface area contributed by atoms with E-state index in [1.54, 1.807) is 13.0 Å². The lowest BCUT2D eigenvalue weighted by atomic mass is 10.0.